The van der Waals surface area contributed by atoms with Crippen molar-refractivity contribution >= 4 is 12.0 Å². The highest BCUT2D eigenvalue weighted by Gasteiger charge is 2.21. The van der Waals surface area contributed by atoms with Gasteiger partial charge in [-0.05, 0) is 37.6 Å². The van der Waals surface area contributed by atoms with Gasteiger partial charge in [0.1, 0.15) is 17.4 Å². The summed E-state index contributed by atoms with van der Waals surface area (Å²) < 4.78 is 0. The number of carbonyl (C=O) groups excluding carboxylic acids is 1. The van der Waals surface area contributed by atoms with Crippen LogP contribution in [-0.2, 0) is 4.79 Å². The van der Waals surface area contributed by atoms with Crippen LogP contribution in [0.15, 0.2) is 29.8 Å². The van der Waals surface area contributed by atoms with Crippen molar-refractivity contribution in [1.82, 2.24) is 5.32 Å². The lowest BCUT2D eigenvalue weighted by atomic mass is 10.1. The van der Waals surface area contributed by atoms with Crippen LogP contribution >= 0.6 is 0 Å². The van der Waals surface area contributed by atoms with Gasteiger partial charge in [0.15, 0.2) is 0 Å². The molecule has 0 saturated carbocycles. The number of aliphatic hydroxyl groups excluding tert-OH is 1. The van der Waals surface area contributed by atoms with Gasteiger partial charge in [-0.1, -0.05) is 12.1 Å². The van der Waals surface area contributed by atoms with E-state index < -0.39 is 11.4 Å². The van der Waals surface area contributed by atoms with Crippen LogP contribution in [0.5, 0.6) is 5.75 Å². The maximum absolute atomic E-state index is 11.9. The number of phenolic OH excluding ortho intramolecular Hbond substituents is 1. The third kappa shape index (κ3) is 4.45. The summed E-state index contributed by atoms with van der Waals surface area (Å²) in [4.78, 5) is 11.9. The minimum atomic E-state index is -0.800. The molecule has 0 radical (unpaired) electrons. The van der Waals surface area contributed by atoms with Crippen LogP contribution in [0.3, 0.4) is 0 Å². The van der Waals surface area contributed by atoms with Gasteiger partial charge in [0, 0.05) is 0 Å². The van der Waals surface area contributed by atoms with E-state index in [4.69, 9.17) is 10.4 Å². The molecule has 3 N–H and O–H groups in total. The zero-order valence-corrected chi connectivity index (χ0v) is 10.8. The summed E-state index contributed by atoms with van der Waals surface area (Å²) in [5.74, 6) is -0.507. The van der Waals surface area contributed by atoms with Crippen molar-refractivity contribution < 1.29 is 15.0 Å². The van der Waals surface area contributed by atoms with Gasteiger partial charge in [0.25, 0.3) is 5.91 Å². The largest absolute Gasteiger partial charge is 0.508 e. The number of phenols is 1. The SMILES string of the molecule is CC(C)(CO)NC(=O)/C(C#N)=C/c1cccc(O)c1. The number of nitrogens with one attached hydrogen (secondary N) is 1. The summed E-state index contributed by atoms with van der Waals surface area (Å²) in [6.45, 7) is 3.06. The minimum Gasteiger partial charge on any atom is -0.508 e. The van der Waals surface area contributed by atoms with Gasteiger partial charge in [-0.2, -0.15) is 5.26 Å². The molecule has 1 amide bonds. The van der Waals surface area contributed by atoms with E-state index in [9.17, 15) is 9.90 Å². The normalized spacial score (nSPS) is 11.8. The van der Waals surface area contributed by atoms with Gasteiger partial charge in [-0.3, -0.25) is 4.79 Å². The Bertz CT molecular complexity index is 542. The first-order chi connectivity index (χ1) is 8.88. The fourth-order valence-corrected chi connectivity index (χ4v) is 1.34. The van der Waals surface area contributed by atoms with E-state index in [0.717, 1.165) is 0 Å². The number of aliphatic hydroxyl groups is 1. The maximum Gasteiger partial charge on any atom is 0.262 e. The topological polar surface area (TPSA) is 93.4 Å². The predicted molar refractivity (Wildman–Crippen MR) is 71.0 cm³/mol. The Morgan fingerprint density at radius 3 is 2.74 bits per heavy atom. The van der Waals surface area contributed by atoms with E-state index in [1.807, 2.05) is 0 Å². The van der Waals surface area contributed by atoms with Crippen molar-refractivity contribution in [1.29, 1.82) is 5.26 Å². The molecule has 1 rings (SSSR count). The van der Waals surface area contributed by atoms with Crippen LogP contribution < -0.4 is 5.32 Å². The summed E-state index contributed by atoms with van der Waals surface area (Å²) in [6, 6.07) is 8.03. The fourth-order valence-electron chi connectivity index (χ4n) is 1.34. The van der Waals surface area contributed by atoms with Gasteiger partial charge in [-0.15, -0.1) is 0 Å². The Balaban J connectivity index is 2.96. The van der Waals surface area contributed by atoms with Crippen molar-refractivity contribution in [3.63, 3.8) is 0 Å². The molecule has 0 unspecified atom stereocenters. The van der Waals surface area contributed by atoms with Crippen LogP contribution in [-0.4, -0.2) is 28.3 Å². The summed E-state index contributed by atoms with van der Waals surface area (Å²) in [5.41, 5.74) is -0.341. The van der Waals surface area contributed by atoms with E-state index in [1.54, 1.807) is 32.0 Å². The quantitative estimate of drug-likeness (QED) is 0.560. The first-order valence-corrected chi connectivity index (χ1v) is 5.72. The summed E-state index contributed by atoms with van der Waals surface area (Å²) in [6.07, 6.45) is 1.38. The number of amides is 1. The highest BCUT2D eigenvalue weighted by atomic mass is 16.3. The Labute approximate surface area is 111 Å². The number of nitriles is 1. The molecule has 100 valence electrons. The molecule has 0 heterocycles. The molecule has 0 bridgehead atoms. The van der Waals surface area contributed by atoms with Gasteiger partial charge >= 0.3 is 0 Å². The lowest BCUT2D eigenvalue weighted by Gasteiger charge is -2.23. The third-order valence-corrected chi connectivity index (χ3v) is 2.39. The van der Waals surface area contributed by atoms with E-state index in [-0.39, 0.29) is 17.9 Å². The molecule has 0 spiro atoms. The van der Waals surface area contributed by atoms with Crippen LogP contribution in [0.4, 0.5) is 0 Å². The lowest BCUT2D eigenvalue weighted by Crippen LogP contribution is -2.46. The molecule has 0 aliphatic carbocycles. The molecule has 0 saturated heterocycles. The lowest BCUT2D eigenvalue weighted by molar-refractivity contribution is -0.119. The molecular formula is C14H16N2O3. The molecule has 5 nitrogen and oxygen atoms in total. The van der Waals surface area contributed by atoms with Crippen LogP contribution in [0.2, 0.25) is 0 Å². The highest BCUT2D eigenvalue weighted by molar-refractivity contribution is 6.02. The van der Waals surface area contributed by atoms with Gasteiger partial charge in [0.2, 0.25) is 0 Å². The van der Waals surface area contributed by atoms with Gasteiger partial charge in [-0.25, -0.2) is 0 Å². The molecule has 5 heteroatoms. The van der Waals surface area contributed by atoms with Gasteiger partial charge in [0.05, 0.1) is 12.1 Å². The number of aromatic hydroxyl groups is 1. The van der Waals surface area contributed by atoms with Crippen molar-refractivity contribution in [2.75, 3.05) is 6.61 Å². The Morgan fingerprint density at radius 2 is 2.21 bits per heavy atom. The Morgan fingerprint density at radius 1 is 1.53 bits per heavy atom. The van der Waals surface area contributed by atoms with Gasteiger partial charge < -0.3 is 15.5 Å². The number of hydrogen-bond donors (Lipinski definition) is 3. The number of nitrogens with zero attached hydrogens (tertiary/aromatic N) is 1. The molecule has 0 aliphatic heterocycles. The average Bonchev–Trinajstić information content (AvgIpc) is 2.35. The maximum atomic E-state index is 11.9. The molecule has 0 aromatic heterocycles. The molecule has 1 aromatic carbocycles. The second-order valence-corrected chi connectivity index (χ2v) is 4.76. The number of hydrogen-bond acceptors (Lipinski definition) is 4. The zero-order valence-electron chi connectivity index (χ0n) is 10.8. The third-order valence-electron chi connectivity index (χ3n) is 2.39. The van der Waals surface area contributed by atoms with Crippen molar-refractivity contribution in [2.45, 2.75) is 19.4 Å². The van der Waals surface area contributed by atoms with Crippen molar-refractivity contribution in [3.8, 4) is 11.8 Å². The van der Waals surface area contributed by atoms with Crippen LogP contribution in [0.1, 0.15) is 19.4 Å². The molecule has 0 fully saturated rings. The Kier molecular flexibility index (Phi) is 4.67. The second-order valence-electron chi connectivity index (χ2n) is 4.76. The van der Waals surface area contributed by atoms with Crippen LogP contribution in [0.25, 0.3) is 6.08 Å². The summed E-state index contributed by atoms with van der Waals surface area (Å²) in [7, 11) is 0. The number of rotatable bonds is 4. The number of benzene rings is 1. The molecule has 1 aromatic rings. The monoisotopic (exact) mass is 260 g/mol. The molecule has 19 heavy (non-hydrogen) atoms. The second kappa shape index (κ2) is 6.03. The standard InChI is InChI=1S/C14H16N2O3/c1-14(2,9-17)16-13(19)11(8-15)6-10-4-3-5-12(18)7-10/h3-7,17-18H,9H2,1-2H3,(H,16,19)/b11-6+. The zero-order chi connectivity index (χ0) is 14.5. The molecule has 0 aliphatic rings. The first kappa shape index (κ1) is 14.7. The molecule has 0 atom stereocenters. The minimum absolute atomic E-state index is 0.0575. The van der Waals surface area contributed by atoms with E-state index in [2.05, 4.69) is 5.32 Å². The molecular weight excluding hydrogens is 244 g/mol. The van der Waals surface area contributed by atoms with Crippen LogP contribution in [0, 0.1) is 11.3 Å². The van der Waals surface area contributed by atoms with Crippen molar-refractivity contribution in [3.05, 3.63) is 35.4 Å². The Hall–Kier alpha value is -2.32. The van der Waals surface area contributed by atoms with E-state index in [0.29, 0.717) is 5.56 Å². The average molecular weight is 260 g/mol. The summed E-state index contributed by atoms with van der Waals surface area (Å²) >= 11 is 0. The van der Waals surface area contributed by atoms with E-state index >= 15 is 0 Å². The van der Waals surface area contributed by atoms with E-state index in [1.165, 1.54) is 18.2 Å². The van der Waals surface area contributed by atoms with Crippen molar-refractivity contribution in [2.24, 2.45) is 0 Å². The fraction of sp³-hybridized carbons (Fsp3) is 0.286. The summed E-state index contributed by atoms with van der Waals surface area (Å²) in [5, 5.41) is 29.9. The predicted octanol–water partition coefficient (Wildman–Crippen LogP) is 1.19. The smallest absolute Gasteiger partial charge is 0.262 e. The highest BCUT2D eigenvalue weighted by Crippen LogP contribution is 2.14. The number of carbonyl (C=O) groups is 1. The first-order valence-electron chi connectivity index (χ1n) is 5.72.